The van der Waals surface area contributed by atoms with Crippen LogP contribution >= 0.6 is 11.6 Å². The normalized spacial score (nSPS) is 19.2. The summed E-state index contributed by atoms with van der Waals surface area (Å²) in [5.74, 6) is 0.652. The molecule has 0 saturated carbocycles. The average Bonchev–Trinajstić information content (AvgIpc) is 2.84. The zero-order valence-electron chi connectivity index (χ0n) is 12.4. The molecule has 1 fully saturated rings. The Hall–Kier alpha value is -1.22. The topological polar surface area (TPSA) is 32.3 Å². The molecule has 110 valence electrons. The minimum Gasteiger partial charge on any atom is -0.371 e. The molecule has 0 radical (unpaired) electrons. The predicted octanol–water partition coefficient (Wildman–Crippen LogP) is 3.33. The smallest absolute Gasteiger partial charge is 0.225 e. The lowest BCUT2D eigenvalue weighted by molar-refractivity contribution is -0.128. The van der Waals surface area contributed by atoms with Crippen LogP contribution in [0.5, 0.6) is 0 Å². The van der Waals surface area contributed by atoms with Crippen molar-refractivity contribution in [2.45, 2.75) is 27.2 Å². The lowest BCUT2D eigenvalue weighted by atomic mass is 9.95. The number of nitrogens with one attached hydrogen (secondary N) is 1. The average molecular weight is 295 g/mol. The first-order valence-corrected chi connectivity index (χ1v) is 7.53. The van der Waals surface area contributed by atoms with Crippen LogP contribution in [0.25, 0.3) is 0 Å². The molecular weight excluding hydrogens is 272 g/mol. The van der Waals surface area contributed by atoms with Gasteiger partial charge in [0.05, 0.1) is 0 Å². The first-order chi connectivity index (χ1) is 9.36. The molecule has 0 unspecified atom stereocenters. The van der Waals surface area contributed by atoms with Gasteiger partial charge < -0.3 is 10.2 Å². The molecule has 0 bridgehead atoms. The summed E-state index contributed by atoms with van der Waals surface area (Å²) in [6.45, 7) is 8.62. The number of carbonyl (C=O) groups is 1. The van der Waals surface area contributed by atoms with E-state index < -0.39 is 0 Å². The van der Waals surface area contributed by atoms with Crippen molar-refractivity contribution in [3.05, 3.63) is 29.3 Å². The van der Waals surface area contributed by atoms with Crippen LogP contribution < -0.4 is 10.2 Å². The molecule has 3 nitrogen and oxygen atoms in total. The maximum Gasteiger partial charge on any atom is 0.225 e. The summed E-state index contributed by atoms with van der Waals surface area (Å²) < 4.78 is 0. The molecule has 1 saturated heterocycles. The van der Waals surface area contributed by atoms with E-state index in [9.17, 15) is 4.79 Å². The number of nitrogens with zero attached hydrogens (tertiary/aromatic N) is 1. The maximum atomic E-state index is 11.9. The Bertz CT molecular complexity index is 464. The van der Waals surface area contributed by atoms with Crippen LogP contribution in [0.1, 0.15) is 27.2 Å². The Balaban J connectivity index is 1.84. The van der Waals surface area contributed by atoms with Crippen molar-refractivity contribution in [1.29, 1.82) is 0 Å². The number of carbonyl (C=O) groups excluding carboxylic acids is 1. The molecule has 1 aliphatic heterocycles. The van der Waals surface area contributed by atoms with Crippen LogP contribution in [-0.2, 0) is 4.79 Å². The zero-order chi connectivity index (χ0) is 14.8. The van der Waals surface area contributed by atoms with Gasteiger partial charge in [0.25, 0.3) is 0 Å². The SMILES string of the molecule is CC(C)(C)C(=O)NC[C@@H]1CCN(c2ccc(Cl)cc2)C1. The van der Waals surface area contributed by atoms with Crippen LogP contribution in [-0.4, -0.2) is 25.5 Å². The summed E-state index contributed by atoms with van der Waals surface area (Å²) in [4.78, 5) is 14.2. The number of halogens is 1. The fraction of sp³-hybridized carbons (Fsp3) is 0.562. The molecule has 1 aromatic rings. The van der Waals surface area contributed by atoms with Gasteiger partial charge in [0.1, 0.15) is 0 Å². The van der Waals surface area contributed by atoms with E-state index in [0.717, 1.165) is 31.1 Å². The van der Waals surface area contributed by atoms with Crippen molar-refractivity contribution in [2.24, 2.45) is 11.3 Å². The molecule has 1 aromatic carbocycles. The van der Waals surface area contributed by atoms with Gasteiger partial charge in [-0.25, -0.2) is 0 Å². The van der Waals surface area contributed by atoms with E-state index in [0.29, 0.717) is 5.92 Å². The van der Waals surface area contributed by atoms with E-state index in [4.69, 9.17) is 11.6 Å². The molecule has 1 aliphatic rings. The minimum atomic E-state index is -0.311. The first kappa shape index (κ1) is 15.2. The lowest BCUT2D eigenvalue weighted by Gasteiger charge is -2.21. The second-order valence-corrected chi connectivity index (χ2v) is 6.97. The molecule has 1 heterocycles. The second kappa shape index (κ2) is 6.04. The van der Waals surface area contributed by atoms with Gasteiger partial charge in [-0.05, 0) is 36.6 Å². The van der Waals surface area contributed by atoms with Crippen molar-refractivity contribution in [2.75, 3.05) is 24.5 Å². The van der Waals surface area contributed by atoms with Gasteiger partial charge >= 0.3 is 0 Å². The summed E-state index contributed by atoms with van der Waals surface area (Å²) in [6, 6.07) is 7.95. The third-order valence-corrected chi connectivity index (χ3v) is 3.96. The quantitative estimate of drug-likeness (QED) is 0.927. The molecule has 1 N–H and O–H groups in total. The number of amides is 1. The van der Waals surface area contributed by atoms with Gasteiger partial charge in [-0.2, -0.15) is 0 Å². The van der Waals surface area contributed by atoms with Crippen molar-refractivity contribution >= 4 is 23.2 Å². The fourth-order valence-corrected chi connectivity index (χ4v) is 2.51. The Labute approximate surface area is 126 Å². The Morgan fingerprint density at radius 3 is 2.60 bits per heavy atom. The van der Waals surface area contributed by atoms with Crippen molar-refractivity contribution in [3.8, 4) is 0 Å². The van der Waals surface area contributed by atoms with E-state index in [2.05, 4.69) is 22.3 Å². The summed E-state index contributed by atoms with van der Waals surface area (Å²) in [6.07, 6.45) is 1.12. The standard InChI is InChI=1S/C16H23ClN2O/c1-16(2,3)15(20)18-10-12-8-9-19(11-12)14-6-4-13(17)5-7-14/h4-7,12H,8-11H2,1-3H3,(H,18,20)/t12-/m0/s1. The van der Waals surface area contributed by atoms with Gasteiger partial charge in [-0.1, -0.05) is 32.4 Å². The number of hydrogen-bond acceptors (Lipinski definition) is 2. The third-order valence-electron chi connectivity index (χ3n) is 3.71. The van der Waals surface area contributed by atoms with E-state index in [1.54, 1.807) is 0 Å². The van der Waals surface area contributed by atoms with Crippen LogP contribution in [0.15, 0.2) is 24.3 Å². The predicted molar refractivity (Wildman–Crippen MR) is 84.2 cm³/mol. The largest absolute Gasteiger partial charge is 0.371 e. The van der Waals surface area contributed by atoms with E-state index >= 15 is 0 Å². The molecular formula is C16H23ClN2O. The molecule has 20 heavy (non-hydrogen) atoms. The lowest BCUT2D eigenvalue weighted by Crippen LogP contribution is -2.38. The number of benzene rings is 1. The van der Waals surface area contributed by atoms with Crippen molar-refractivity contribution in [3.63, 3.8) is 0 Å². The van der Waals surface area contributed by atoms with Gasteiger partial charge in [0.2, 0.25) is 5.91 Å². The summed E-state index contributed by atoms with van der Waals surface area (Å²) >= 11 is 5.91. The van der Waals surface area contributed by atoms with Gasteiger partial charge in [-0.3, -0.25) is 4.79 Å². The number of anilines is 1. The minimum absolute atomic E-state index is 0.127. The van der Waals surface area contributed by atoms with E-state index in [1.165, 1.54) is 5.69 Å². The summed E-state index contributed by atoms with van der Waals surface area (Å²) in [7, 11) is 0. The molecule has 2 rings (SSSR count). The highest BCUT2D eigenvalue weighted by Crippen LogP contribution is 2.25. The molecule has 1 atom stereocenters. The highest BCUT2D eigenvalue weighted by Gasteiger charge is 2.26. The zero-order valence-corrected chi connectivity index (χ0v) is 13.2. The molecule has 0 aromatic heterocycles. The van der Waals surface area contributed by atoms with Gasteiger partial charge in [0.15, 0.2) is 0 Å². The van der Waals surface area contributed by atoms with Crippen LogP contribution in [0.2, 0.25) is 5.02 Å². The summed E-state index contributed by atoms with van der Waals surface area (Å²) in [5.41, 5.74) is 0.896. The van der Waals surface area contributed by atoms with E-state index in [1.807, 2.05) is 32.9 Å². The Morgan fingerprint density at radius 1 is 1.35 bits per heavy atom. The van der Waals surface area contributed by atoms with Crippen LogP contribution in [0.4, 0.5) is 5.69 Å². The van der Waals surface area contributed by atoms with Crippen molar-refractivity contribution in [1.82, 2.24) is 5.32 Å². The Morgan fingerprint density at radius 2 is 2.00 bits per heavy atom. The molecule has 0 aliphatic carbocycles. The molecule has 1 amide bonds. The Kier molecular flexibility index (Phi) is 4.59. The highest BCUT2D eigenvalue weighted by molar-refractivity contribution is 6.30. The van der Waals surface area contributed by atoms with Gasteiger partial charge in [-0.15, -0.1) is 0 Å². The maximum absolute atomic E-state index is 11.9. The second-order valence-electron chi connectivity index (χ2n) is 6.54. The van der Waals surface area contributed by atoms with Gasteiger partial charge in [0, 0.05) is 35.8 Å². The summed E-state index contributed by atoms with van der Waals surface area (Å²) in [5, 5.41) is 3.82. The highest BCUT2D eigenvalue weighted by atomic mass is 35.5. The van der Waals surface area contributed by atoms with Crippen LogP contribution in [0, 0.1) is 11.3 Å². The first-order valence-electron chi connectivity index (χ1n) is 7.15. The number of rotatable bonds is 3. The number of hydrogen-bond donors (Lipinski definition) is 1. The van der Waals surface area contributed by atoms with Crippen molar-refractivity contribution < 1.29 is 4.79 Å². The fourth-order valence-electron chi connectivity index (χ4n) is 2.39. The van der Waals surface area contributed by atoms with Crippen LogP contribution in [0.3, 0.4) is 0 Å². The van der Waals surface area contributed by atoms with E-state index in [-0.39, 0.29) is 11.3 Å². The monoisotopic (exact) mass is 294 g/mol. The molecule has 0 spiro atoms. The molecule has 4 heteroatoms. The third kappa shape index (κ3) is 3.89.